The van der Waals surface area contributed by atoms with Gasteiger partial charge in [0.1, 0.15) is 0 Å². The Labute approximate surface area is 122 Å². The Morgan fingerprint density at radius 3 is 2.62 bits per heavy atom. The van der Waals surface area contributed by atoms with Crippen LogP contribution in [-0.2, 0) is 10.0 Å². The van der Waals surface area contributed by atoms with Gasteiger partial charge >= 0.3 is 0 Å². The smallest absolute Gasteiger partial charge is 0.271 e. The molecule has 1 amide bonds. The molecule has 9 heteroatoms. The highest BCUT2D eigenvalue weighted by molar-refractivity contribution is 7.89. The van der Waals surface area contributed by atoms with Crippen LogP contribution in [0.3, 0.4) is 0 Å². The van der Waals surface area contributed by atoms with Gasteiger partial charge in [0.25, 0.3) is 5.91 Å². The summed E-state index contributed by atoms with van der Waals surface area (Å²) in [6.07, 6.45) is 1.53. The Bertz CT molecular complexity index is 782. The van der Waals surface area contributed by atoms with E-state index in [1.54, 1.807) is 0 Å². The van der Waals surface area contributed by atoms with Crippen LogP contribution in [0.15, 0.2) is 35.4 Å². The van der Waals surface area contributed by atoms with Gasteiger partial charge in [-0.15, -0.1) is 0 Å². The van der Waals surface area contributed by atoms with Gasteiger partial charge in [-0.1, -0.05) is 0 Å². The molecule has 1 heterocycles. The van der Waals surface area contributed by atoms with Crippen LogP contribution in [0.4, 0.5) is 5.69 Å². The molecule has 0 aliphatic carbocycles. The van der Waals surface area contributed by atoms with E-state index < -0.39 is 10.0 Å². The number of nitrogens with two attached hydrogens (primary N) is 1. The number of aromatic nitrogens is 2. The quantitative estimate of drug-likeness (QED) is 0.671. The lowest BCUT2D eigenvalue weighted by molar-refractivity contribution is 0.0957. The van der Waals surface area contributed by atoms with Gasteiger partial charge in [0, 0.05) is 13.2 Å². The SMILES string of the molecule is CNC(=O)c1ccn(-c2cc(S(=O)(=O)NC)ccc2N)n1. The zero-order chi connectivity index (χ0) is 15.6. The zero-order valence-corrected chi connectivity index (χ0v) is 12.3. The first-order valence-electron chi connectivity index (χ1n) is 6.00. The molecule has 112 valence electrons. The first-order valence-corrected chi connectivity index (χ1v) is 7.48. The molecule has 4 N–H and O–H groups in total. The number of benzene rings is 1. The topological polar surface area (TPSA) is 119 Å². The average molecular weight is 309 g/mol. The van der Waals surface area contributed by atoms with Crippen molar-refractivity contribution in [3.63, 3.8) is 0 Å². The standard InChI is InChI=1S/C12H15N5O3S/c1-14-12(18)10-5-6-17(16-10)11-7-8(3-4-9(11)13)21(19,20)15-2/h3-7,15H,13H2,1-2H3,(H,14,18). The first kappa shape index (κ1) is 15.0. The molecule has 0 aliphatic rings. The first-order chi connectivity index (χ1) is 9.89. The van der Waals surface area contributed by atoms with E-state index in [-0.39, 0.29) is 16.5 Å². The van der Waals surface area contributed by atoms with Crippen molar-refractivity contribution in [3.05, 3.63) is 36.2 Å². The van der Waals surface area contributed by atoms with Crippen LogP contribution in [0, 0.1) is 0 Å². The van der Waals surface area contributed by atoms with Crippen LogP contribution in [0.2, 0.25) is 0 Å². The Balaban J connectivity index is 2.51. The van der Waals surface area contributed by atoms with Gasteiger partial charge in [-0.2, -0.15) is 5.10 Å². The van der Waals surface area contributed by atoms with Gasteiger partial charge in [-0.3, -0.25) is 4.79 Å². The molecule has 2 rings (SSSR count). The summed E-state index contributed by atoms with van der Waals surface area (Å²) in [6.45, 7) is 0. The molecule has 0 spiro atoms. The number of amides is 1. The van der Waals surface area contributed by atoms with Crippen molar-refractivity contribution < 1.29 is 13.2 Å². The van der Waals surface area contributed by atoms with Crippen molar-refractivity contribution >= 4 is 21.6 Å². The lowest BCUT2D eigenvalue weighted by Gasteiger charge is -2.09. The van der Waals surface area contributed by atoms with Crippen LogP contribution in [-0.4, -0.2) is 38.2 Å². The maximum absolute atomic E-state index is 11.8. The highest BCUT2D eigenvalue weighted by atomic mass is 32.2. The Hall–Kier alpha value is -2.39. The molecule has 0 saturated carbocycles. The van der Waals surface area contributed by atoms with E-state index in [0.717, 1.165) is 0 Å². The van der Waals surface area contributed by atoms with E-state index in [4.69, 9.17) is 5.73 Å². The maximum Gasteiger partial charge on any atom is 0.271 e. The van der Waals surface area contributed by atoms with Crippen molar-refractivity contribution in [2.75, 3.05) is 19.8 Å². The number of anilines is 1. The van der Waals surface area contributed by atoms with E-state index in [1.165, 1.54) is 49.2 Å². The van der Waals surface area contributed by atoms with Crippen LogP contribution in [0.25, 0.3) is 5.69 Å². The number of carbonyl (C=O) groups excluding carboxylic acids is 1. The number of nitrogens with one attached hydrogen (secondary N) is 2. The van der Waals surface area contributed by atoms with Crippen LogP contribution in [0.5, 0.6) is 0 Å². The van der Waals surface area contributed by atoms with Gasteiger partial charge in [0.05, 0.1) is 16.3 Å². The Morgan fingerprint density at radius 1 is 1.29 bits per heavy atom. The van der Waals surface area contributed by atoms with E-state index in [1.807, 2.05) is 0 Å². The molecule has 0 aliphatic heterocycles. The van der Waals surface area contributed by atoms with Crippen molar-refractivity contribution in [2.24, 2.45) is 0 Å². The maximum atomic E-state index is 11.8. The minimum absolute atomic E-state index is 0.0613. The van der Waals surface area contributed by atoms with E-state index in [2.05, 4.69) is 15.1 Å². The minimum Gasteiger partial charge on any atom is -0.397 e. The van der Waals surface area contributed by atoms with Crippen molar-refractivity contribution in [1.82, 2.24) is 19.8 Å². The van der Waals surface area contributed by atoms with Crippen LogP contribution < -0.4 is 15.8 Å². The van der Waals surface area contributed by atoms with E-state index in [9.17, 15) is 13.2 Å². The molecule has 1 aromatic heterocycles. The average Bonchev–Trinajstić information content (AvgIpc) is 2.96. The third-order valence-corrected chi connectivity index (χ3v) is 4.29. The number of nitrogens with zero attached hydrogens (tertiary/aromatic N) is 2. The lowest BCUT2D eigenvalue weighted by atomic mass is 10.3. The summed E-state index contributed by atoms with van der Waals surface area (Å²) in [4.78, 5) is 11.6. The van der Waals surface area contributed by atoms with Crippen LogP contribution in [0.1, 0.15) is 10.5 Å². The second kappa shape index (κ2) is 5.54. The summed E-state index contributed by atoms with van der Waals surface area (Å²) < 4.78 is 27.2. The summed E-state index contributed by atoms with van der Waals surface area (Å²) >= 11 is 0. The number of hydrogen-bond acceptors (Lipinski definition) is 5. The molecular weight excluding hydrogens is 294 g/mol. The third-order valence-electron chi connectivity index (χ3n) is 2.88. The predicted molar refractivity (Wildman–Crippen MR) is 77.6 cm³/mol. The number of carbonyl (C=O) groups is 1. The molecule has 2 aromatic rings. The second-order valence-corrected chi connectivity index (χ2v) is 6.04. The van der Waals surface area contributed by atoms with Gasteiger partial charge in [-0.05, 0) is 31.3 Å². The van der Waals surface area contributed by atoms with Crippen molar-refractivity contribution in [2.45, 2.75) is 4.90 Å². The number of nitrogen functional groups attached to an aromatic ring is 1. The summed E-state index contributed by atoms with van der Waals surface area (Å²) in [5, 5.41) is 6.52. The molecule has 0 saturated heterocycles. The highest BCUT2D eigenvalue weighted by Crippen LogP contribution is 2.21. The normalized spacial score (nSPS) is 11.3. The molecule has 0 bridgehead atoms. The van der Waals surface area contributed by atoms with Gasteiger partial charge in [0.2, 0.25) is 10.0 Å². The number of hydrogen-bond donors (Lipinski definition) is 3. The van der Waals surface area contributed by atoms with E-state index >= 15 is 0 Å². The summed E-state index contributed by atoms with van der Waals surface area (Å²) in [7, 11) is -0.767. The van der Waals surface area contributed by atoms with Gasteiger partial charge < -0.3 is 11.1 Å². The summed E-state index contributed by atoms with van der Waals surface area (Å²) in [5.74, 6) is -0.341. The monoisotopic (exact) mass is 309 g/mol. The molecule has 8 nitrogen and oxygen atoms in total. The minimum atomic E-state index is -3.59. The molecule has 0 fully saturated rings. The number of sulfonamides is 1. The fraction of sp³-hybridized carbons (Fsp3) is 0.167. The molecular formula is C12H15N5O3S. The molecule has 0 unspecified atom stereocenters. The largest absolute Gasteiger partial charge is 0.397 e. The van der Waals surface area contributed by atoms with Crippen molar-refractivity contribution in [3.8, 4) is 5.69 Å². The van der Waals surface area contributed by atoms with E-state index in [0.29, 0.717) is 11.4 Å². The van der Waals surface area contributed by atoms with Crippen LogP contribution >= 0.6 is 0 Å². The fourth-order valence-electron chi connectivity index (χ4n) is 1.71. The summed E-state index contributed by atoms with van der Waals surface area (Å²) in [6, 6.07) is 5.77. The third kappa shape index (κ3) is 2.88. The fourth-order valence-corrected chi connectivity index (χ4v) is 2.46. The second-order valence-electron chi connectivity index (χ2n) is 4.15. The zero-order valence-electron chi connectivity index (χ0n) is 11.5. The van der Waals surface area contributed by atoms with Crippen molar-refractivity contribution in [1.29, 1.82) is 0 Å². The van der Waals surface area contributed by atoms with Gasteiger partial charge in [-0.25, -0.2) is 17.8 Å². The molecule has 1 aromatic carbocycles. The van der Waals surface area contributed by atoms with Gasteiger partial charge in [0.15, 0.2) is 5.69 Å². The highest BCUT2D eigenvalue weighted by Gasteiger charge is 2.15. The molecule has 0 radical (unpaired) electrons. The Kier molecular flexibility index (Phi) is 3.96. The predicted octanol–water partition coefficient (Wildman–Crippen LogP) is -0.278. The summed E-state index contributed by atoms with van der Waals surface area (Å²) in [5.41, 5.74) is 6.78. The molecule has 0 atom stereocenters. The Morgan fingerprint density at radius 2 is 2.00 bits per heavy atom. The lowest BCUT2D eigenvalue weighted by Crippen LogP contribution is -2.19. The number of rotatable bonds is 4. The molecule has 21 heavy (non-hydrogen) atoms.